The van der Waals surface area contributed by atoms with E-state index >= 15 is 0 Å². The van der Waals surface area contributed by atoms with E-state index in [0.717, 1.165) is 18.5 Å². The zero-order valence-corrected chi connectivity index (χ0v) is 12.0. The summed E-state index contributed by atoms with van der Waals surface area (Å²) < 4.78 is 22.9. The van der Waals surface area contributed by atoms with E-state index in [2.05, 4.69) is 4.90 Å². The third-order valence-corrected chi connectivity index (χ3v) is 5.55. The number of sulfone groups is 1. The number of benzene rings is 1. The second kappa shape index (κ2) is 4.48. The quantitative estimate of drug-likeness (QED) is 0.915. The highest BCUT2D eigenvalue weighted by molar-refractivity contribution is 7.90. The Morgan fingerprint density at radius 3 is 2.40 bits per heavy atom. The first-order valence-corrected chi connectivity index (χ1v) is 8.58. The van der Waals surface area contributed by atoms with E-state index in [-0.39, 0.29) is 18.0 Å². The smallest absolute Gasteiger partial charge is 0.308 e. The fourth-order valence-corrected chi connectivity index (χ4v) is 4.15. The van der Waals surface area contributed by atoms with Crippen LogP contribution in [0.15, 0.2) is 29.2 Å². The number of nitrogens with zero attached hydrogens (tertiary/aromatic N) is 1. The van der Waals surface area contributed by atoms with Crippen molar-refractivity contribution in [3.63, 3.8) is 0 Å². The molecule has 3 atom stereocenters. The molecule has 0 radical (unpaired) electrons. The summed E-state index contributed by atoms with van der Waals surface area (Å²) in [6, 6.07) is 7.07. The summed E-state index contributed by atoms with van der Waals surface area (Å²) in [5.74, 6) is -1.03. The number of carbonyl (C=O) groups is 1. The van der Waals surface area contributed by atoms with Gasteiger partial charge in [-0.1, -0.05) is 0 Å². The highest BCUT2D eigenvalue weighted by atomic mass is 32.2. The van der Waals surface area contributed by atoms with Crippen LogP contribution in [0, 0.1) is 5.92 Å². The Morgan fingerprint density at radius 2 is 1.90 bits per heavy atom. The summed E-state index contributed by atoms with van der Waals surface area (Å²) in [5, 5.41) is 9.24. The third-order valence-electron chi connectivity index (χ3n) is 4.42. The molecule has 1 N–H and O–H groups in total. The fraction of sp³-hybridized carbons (Fsp3) is 0.500. The van der Waals surface area contributed by atoms with Gasteiger partial charge in [0.2, 0.25) is 0 Å². The Kier molecular flexibility index (Phi) is 3.01. The maximum atomic E-state index is 11.5. The first kappa shape index (κ1) is 13.4. The van der Waals surface area contributed by atoms with Crippen LogP contribution in [0.5, 0.6) is 0 Å². The Balaban J connectivity index is 1.89. The van der Waals surface area contributed by atoms with Crippen molar-refractivity contribution in [1.29, 1.82) is 0 Å². The van der Waals surface area contributed by atoms with Gasteiger partial charge in [-0.15, -0.1) is 0 Å². The van der Waals surface area contributed by atoms with Crippen molar-refractivity contribution in [3.05, 3.63) is 24.3 Å². The van der Waals surface area contributed by atoms with Gasteiger partial charge in [0.25, 0.3) is 0 Å². The number of carboxylic acids is 1. The molecule has 5 nitrogen and oxygen atoms in total. The largest absolute Gasteiger partial charge is 0.481 e. The fourth-order valence-electron chi connectivity index (χ4n) is 3.52. The Bertz CT molecular complexity index is 638. The van der Waals surface area contributed by atoms with Gasteiger partial charge in [0.05, 0.1) is 10.8 Å². The van der Waals surface area contributed by atoms with E-state index in [4.69, 9.17) is 0 Å². The lowest BCUT2D eigenvalue weighted by Crippen LogP contribution is -2.32. The lowest BCUT2D eigenvalue weighted by Gasteiger charge is -2.25. The van der Waals surface area contributed by atoms with Gasteiger partial charge in [-0.3, -0.25) is 4.79 Å². The van der Waals surface area contributed by atoms with E-state index < -0.39 is 15.8 Å². The summed E-state index contributed by atoms with van der Waals surface area (Å²) in [7, 11) is -3.19. The predicted octanol–water partition coefficient (Wildman–Crippen LogP) is 1.53. The SMILES string of the molecule is CS(=O)(=O)c1ccc(N2C3CCC2C(C(=O)O)C3)cc1. The Labute approximate surface area is 118 Å². The summed E-state index contributed by atoms with van der Waals surface area (Å²) >= 11 is 0. The molecule has 0 aromatic heterocycles. The van der Waals surface area contributed by atoms with Crippen molar-refractivity contribution in [2.24, 2.45) is 5.92 Å². The van der Waals surface area contributed by atoms with E-state index in [1.54, 1.807) is 24.3 Å². The van der Waals surface area contributed by atoms with Gasteiger partial charge in [-0.05, 0) is 43.5 Å². The minimum atomic E-state index is -3.19. The van der Waals surface area contributed by atoms with E-state index in [0.29, 0.717) is 11.3 Å². The first-order valence-electron chi connectivity index (χ1n) is 6.69. The van der Waals surface area contributed by atoms with Crippen LogP contribution >= 0.6 is 0 Å². The third kappa shape index (κ3) is 2.08. The van der Waals surface area contributed by atoms with E-state index in [1.807, 2.05) is 0 Å². The topological polar surface area (TPSA) is 74.7 Å². The summed E-state index contributed by atoms with van der Waals surface area (Å²) in [6.45, 7) is 0. The molecule has 108 valence electrons. The van der Waals surface area contributed by atoms with Crippen molar-refractivity contribution in [2.45, 2.75) is 36.2 Å². The number of anilines is 1. The molecule has 0 spiro atoms. The van der Waals surface area contributed by atoms with Gasteiger partial charge in [-0.2, -0.15) is 0 Å². The minimum absolute atomic E-state index is 0.0431. The van der Waals surface area contributed by atoms with Crippen LogP contribution in [-0.4, -0.2) is 37.8 Å². The molecule has 2 bridgehead atoms. The maximum Gasteiger partial charge on any atom is 0.308 e. The molecule has 2 saturated heterocycles. The zero-order valence-electron chi connectivity index (χ0n) is 11.2. The highest BCUT2D eigenvalue weighted by Gasteiger charge is 2.49. The monoisotopic (exact) mass is 295 g/mol. The molecular weight excluding hydrogens is 278 g/mol. The Morgan fingerprint density at radius 1 is 1.25 bits per heavy atom. The molecule has 2 fully saturated rings. The van der Waals surface area contributed by atoms with Crippen LogP contribution in [0.3, 0.4) is 0 Å². The van der Waals surface area contributed by atoms with Gasteiger partial charge in [0.1, 0.15) is 0 Å². The van der Waals surface area contributed by atoms with Crippen molar-refractivity contribution in [3.8, 4) is 0 Å². The van der Waals surface area contributed by atoms with Crippen molar-refractivity contribution in [1.82, 2.24) is 0 Å². The number of rotatable bonds is 3. The average Bonchev–Trinajstić information content (AvgIpc) is 2.95. The molecule has 6 heteroatoms. The zero-order chi connectivity index (χ0) is 14.5. The molecule has 0 saturated carbocycles. The molecule has 2 aliphatic rings. The van der Waals surface area contributed by atoms with E-state index in [9.17, 15) is 18.3 Å². The minimum Gasteiger partial charge on any atom is -0.481 e. The standard InChI is InChI=1S/C14H17NO4S/c1-20(18,19)11-5-2-9(3-6-11)15-10-4-7-13(15)12(8-10)14(16)17/h2-3,5-6,10,12-13H,4,7-8H2,1H3,(H,16,17). The molecule has 1 aromatic carbocycles. The van der Waals surface area contributed by atoms with Gasteiger partial charge in [0, 0.05) is 24.0 Å². The molecule has 3 unspecified atom stereocenters. The second-order valence-electron chi connectivity index (χ2n) is 5.65. The molecule has 3 rings (SSSR count). The summed E-state index contributed by atoms with van der Waals surface area (Å²) in [5.41, 5.74) is 0.925. The van der Waals surface area contributed by atoms with Crippen LogP contribution < -0.4 is 4.90 Å². The van der Waals surface area contributed by atoms with Crippen molar-refractivity contribution >= 4 is 21.5 Å². The van der Waals surface area contributed by atoms with Crippen LogP contribution in [0.1, 0.15) is 19.3 Å². The van der Waals surface area contributed by atoms with Crippen LogP contribution in [0.4, 0.5) is 5.69 Å². The van der Waals surface area contributed by atoms with Crippen LogP contribution in [0.25, 0.3) is 0 Å². The number of aliphatic carboxylic acids is 1. The van der Waals surface area contributed by atoms with Crippen molar-refractivity contribution < 1.29 is 18.3 Å². The highest BCUT2D eigenvalue weighted by Crippen LogP contribution is 2.44. The number of carboxylic acid groups (broad SMARTS) is 1. The summed E-state index contributed by atoms with van der Waals surface area (Å²) in [4.78, 5) is 13.7. The number of fused-ring (bicyclic) bond motifs is 2. The summed E-state index contributed by atoms with van der Waals surface area (Å²) in [6.07, 6.45) is 3.79. The maximum absolute atomic E-state index is 11.5. The lowest BCUT2D eigenvalue weighted by atomic mass is 9.89. The Hall–Kier alpha value is -1.56. The van der Waals surface area contributed by atoms with Crippen molar-refractivity contribution in [2.75, 3.05) is 11.2 Å². The van der Waals surface area contributed by atoms with Crippen LogP contribution in [0.2, 0.25) is 0 Å². The van der Waals surface area contributed by atoms with Gasteiger partial charge in [0.15, 0.2) is 9.84 Å². The number of hydrogen-bond donors (Lipinski definition) is 1. The normalized spacial score (nSPS) is 28.9. The molecule has 0 aliphatic carbocycles. The number of hydrogen-bond acceptors (Lipinski definition) is 4. The lowest BCUT2D eigenvalue weighted by molar-refractivity contribution is -0.142. The molecule has 1 aromatic rings. The van der Waals surface area contributed by atoms with E-state index in [1.165, 1.54) is 6.26 Å². The van der Waals surface area contributed by atoms with Gasteiger partial charge >= 0.3 is 5.97 Å². The molecule has 2 aliphatic heterocycles. The average molecular weight is 295 g/mol. The van der Waals surface area contributed by atoms with Crippen LogP contribution in [-0.2, 0) is 14.6 Å². The molecule has 0 amide bonds. The molecular formula is C14H17NO4S. The van der Waals surface area contributed by atoms with Gasteiger partial charge in [-0.25, -0.2) is 8.42 Å². The van der Waals surface area contributed by atoms with Gasteiger partial charge < -0.3 is 10.0 Å². The predicted molar refractivity (Wildman–Crippen MR) is 74.6 cm³/mol. The second-order valence-corrected chi connectivity index (χ2v) is 7.67. The first-order chi connectivity index (χ1) is 9.38. The molecule has 2 heterocycles. The molecule has 20 heavy (non-hydrogen) atoms.